The van der Waals surface area contributed by atoms with Crippen LogP contribution in [0.2, 0.25) is 0 Å². The molecule has 4 rings (SSSR count). The molecule has 1 amide bonds. The summed E-state index contributed by atoms with van der Waals surface area (Å²) in [6.07, 6.45) is 7.57. The number of hydrogen-bond acceptors (Lipinski definition) is 5. The van der Waals surface area contributed by atoms with Gasteiger partial charge in [-0.1, -0.05) is 6.42 Å². The summed E-state index contributed by atoms with van der Waals surface area (Å²) >= 11 is 0. The molecule has 0 aromatic carbocycles. The van der Waals surface area contributed by atoms with E-state index in [4.69, 9.17) is 4.74 Å². The number of hydrogen-bond donors (Lipinski definition) is 0. The van der Waals surface area contributed by atoms with Crippen LogP contribution in [0, 0.1) is 6.92 Å². The summed E-state index contributed by atoms with van der Waals surface area (Å²) in [5.74, 6) is 0.00361. The summed E-state index contributed by atoms with van der Waals surface area (Å²) in [6, 6.07) is 1.71. The normalized spacial score (nSPS) is 23.9. The molecule has 28 heavy (non-hydrogen) atoms. The Morgan fingerprint density at radius 1 is 1.21 bits per heavy atom. The van der Waals surface area contributed by atoms with Crippen LogP contribution in [-0.2, 0) is 18.8 Å². The Kier molecular flexibility index (Phi) is 5.50. The van der Waals surface area contributed by atoms with Gasteiger partial charge in [0, 0.05) is 38.9 Å². The summed E-state index contributed by atoms with van der Waals surface area (Å²) < 4.78 is 9.68. The van der Waals surface area contributed by atoms with E-state index in [1.54, 1.807) is 9.36 Å². The fourth-order valence-electron chi connectivity index (χ4n) is 4.46. The number of piperidine rings is 1. The van der Waals surface area contributed by atoms with Gasteiger partial charge in [-0.15, -0.1) is 0 Å². The Morgan fingerprint density at radius 3 is 2.64 bits per heavy atom. The van der Waals surface area contributed by atoms with Crippen molar-refractivity contribution in [3.63, 3.8) is 0 Å². The van der Waals surface area contributed by atoms with Gasteiger partial charge in [0.25, 0.3) is 5.91 Å². The van der Waals surface area contributed by atoms with E-state index in [-0.39, 0.29) is 18.1 Å². The highest BCUT2D eigenvalue weighted by atomic mass is 16.5. The lowest BCUT2D eigenvalue weighted by atomic mass is 9.99. The lowest BCUT2D eigenvalue weighted by Gasteiger charge is -2.43. The van der Waals surface area contributed by atoms with Gasteiger partial charge >= 0.3 is 0 Å². The Morgan fingerprint density at radius 2 is 2.00 bits per heavy atom. The van der Waals surface area contributed by atoms with Crippen LogP contribution in [-0.4, -0.2) is 74.2 Å². The first-order valence-corrected chi connectivity index (χ1v) is 10.2. The summed E-state index contributed by atoms with van der Waals surface area (Å²) in [5, 5.41) is 8.71. The fourth-order valence-corrected chi connectivity index (χ4v) is 4.46. The minimum atomic E-state index is -0.146. The second kappa shape index (κ2) is 8.05. The van der Waals surface area contributed by atoms with Gasteiger partial charge in [-0.05, 0) is 38.9 Å². The van der Waals surface area contributed by atoms with Crippen LogP contribution in [0.4, 0.5) is 0 Å². The van der Waals surface area contributed by atoms with E-state index >= 15 is 0 Å². The van der Waals surface area contributed by atoms with E-state index < -0.39 is 0 Å². The highest BCUT2D eigenvalue weighted by molar-refractivity contribution is 5.93. The molecule has 2 fully saturated rings. The Balaban J connectivity index is 1.63. The Bertz CT molecular complexity index is 823. The molecule has 0 bridgehead atoms. The molecule has 0 aliphatic carbocycles. The van der Waals surface area contributed by atoms with Gasteiger partial charge < -0.3 is 14.5 Å². The number of ether oxygens (including phenoxy) is 1. The average Bonchev–Trinajstić information content (AvgIpc) is 3.26. The third kappa shape index (κ3) is 3.84. The predicted molar refractivity (Wildman–Crippen MR) is 105 cm³/mol. The van der Waals surface area contributed by atoms with Gasteiger partial charge in [-0.3, -0.25) is 14.2 Å². The summed E-state index contributed by atoms with van der Waals surface area (Å²) in [6.45, 7) is 6.08. The van der Waals surface area contributed by atoms with E-state index in [1.165, 1.54) is 19.3 Å². The standard InChI is InChI=1S/C20H30N6O2/c1-15-11-17(24(3)22-15)20(27)26-9-10-28-18(14-25-7-5-4-6-8-25)19(26)16-12-21-23(2)13-16/h11-13,18-19H,4-10,14H2,1-3H3/t18-,19-/m0/s1. The minimum Gasteiger partial charge on any atom is -0.373 e. The van der Waals surface area contributed by atoms with Gasteiger partial charge in [0.15, 0.2) is 0 Å². The summed E-state index contributed by atoms with van der Waals surface area (Å²) in [7, 11) is 3.73. The van der Waals surface area contributed by atoms with Crippen LogP contribution in [0.5, 0.6) is 0 Å². The number of amides is 1. The molecule has 0 saturated carbocycles. The number of likely N-dealkylation sites (tertiary alicyclic amines) is 1. The van der Waals surface area contributed by atoms with Gasteiger partial charge in [-0.2, -0.15) is 10.2 Å². The van der Waals surface area contributed by atoms with Crippen molar-refractivity contribution in [3.8, 4) is 0 Å². The molecule has 2 aromatic rings. The quantitative estimate of drug-likeness (QED) is 0.797. The molecule has 2 atom stereocenters. The van der Waals surface area contributed by atoms with Crippen LogP contribution in [0.1, 0.15) is 47.1 Å². The highest BCUT2D eigenvalue weighted by Crippen LogP contribution is 2.32. The molecule has 0 spiro atoms. The third-order valence-electron chi connectivity index (χ3n) is 5.79. The van der Waals surface area contributed by atoms with Crippen LogP contribution < -0.4 is 0 Å². The topological polar surface area (TPSA) is 68.4 Å². The zero-order valence-corrected chi connectivity index (χ0v) is 17.0. The molecule has 8 nitrogen and oxygen atoms in total. The van der Waals surface area contributed by atoms with Crippen LogP contribution >= 0.6 is 0 Å². The average molecular weight is 387 g/mol. The molecular weight excluding hydrogens is 356 g/mol. The molecule has 2 aromatic heterocycles. The first-order chi connectivity index (χ1) is 13.5. The molecule has 0 N–H and O–H groups in total. The molecule has 8 heteroatoms. The first-order valence-electron chi connectivity index (χ1n) is 10.2. The zero-order chi connectivity index (χ0) is 19.7. The summed E-state index contributed by atoms with van der Waals surface area (Å²) in [5.41, 5.74) is 2.49. The van der Waals surface area contributed by atoms with Crippen molar-refractivity contribution in [1.82, 2.24) is 29.4 Å². The van der Waals surface area contributed by atoms with E-state index in [0.717, 1.165) is 30.9 Å². The second-order valence-corrected chi connectivity index (χ2v) is 7.96. The Hall–Kier alpha value is -2.19. The molecule has 2 aliphatic heterocycles. The minimum absolute atomic E-state index is 0.00361. The molecule has 2 aliphatic rings. The third-order valence-corrected chi connectivity index (χ3v) is 5.79. The van der Waals surface area contributed by atoms with E-state index in [2.05, 4.69) is 15.1 Å². The maximum atomic E-state index is 13.4. The maximum absolute atomic E-state index is 13.4. The monoisotopic (exact) mass is 386 g/mol. The van der Waals surface area contributed by atoms with Crippen molar-refractivity contribution in [2.75, 3.05) is 32.8 Å². The first kappa shape index (κ1) is 19.1. The van der Waals surface area contributed by atoms with Gasteiger partial charge in [0.05, 0.1) is 30.6 Å². The molecule has 4 heterocycles. The van der Waals surface area contributed by atoms with Crippen molar-refractivity contribution in [2.45, 2.75) is 38.3 Å². The molecule has 152 valence electrons. The van der Waals surface area contributed by atoms with E-state index in [1.807, 2.05) is 44.4 Å². The number of carbonyl (C=O) groups is 1. The van der Waals surface area contributed by atoms with Crippen LogP contribution in [0.15, 0.2) is 18.5 Å². The van der Waals surface area contributed by atoms with Crippen molar-refractivity contribution in [1.29, 1.82) is 0 Å². The fraction of sp³-hybridized carbons (Fsp3) is 0.650. The maximum Gasteiger partial charge on any atom is 0.272 e. The van der Waals surface area contributed by atoms with Crippen molar-refractivity contribution < 1.29 is 9.53 Å². The Labute approximate surface area is 166 Å². The number of aromatic nitrogens is 4. The van der Waals surface area contributed by atoms with Crippen molar-refractivity contribution in [3.05, 3.63) is 35.4 Å². The second-order valence-electron chi connectivity index (χ2n) is 7.96. The SMILES string of the molecule is Cc1cc(C(=O)N2CCO[C@@H](CN3CCCCC3)[C@@H]2c2cnn(C)c2)n(C)n1. The van der Waals surface area contributed by atoms with Crippen LogP contribution in [0.3, 0.4) is 0 Å². The van der Waals surface area contributed by atoms with Crippen molar-refractivity contribution >= 4 is 5.91 Å². The predicted octanol–water partition coefficient (Wildman–Crippen LogP) is 1.53. The number of carbonyl (C=O) groups excluding carboxylic acids is 1. The highest BCUT2D eigenvalue weighted by Gasteiger charge is 2.39. The van der Waals surface area contributed by atoms with Gasteiger partial charge in [0.1, 0.15) is 5.69 Å². The largest absolute Gasteiger partial charge is 0.373 e. The molecular formula is C20H30N6O2. The van der Waals surface area contributed by atoms with Gasteiger partial charge in [-0.25, -0.2) is 0 Å². The number of aryl methyl sites for hydroxylation is 3. The number of nitrogens with zero attached hydrogens (tertiary/aromatic N) is 6. The smallest absolute Gasteiger partial charge is 0.272 e. The molecule has 2 saturated heterocycles. The van der Waals surface area contributed by atoms with E-state index in [0.29, 0.717) is 18.8 Å². The molecule has 0 unspecified atom stereocenters. The lowest BCUT2D eigenvalue weighted by Crippen LogP contribution is -2.52. The van der Waals surface area contributed by atoms with Crippen molar-refractivity contribution in [2.24, 2.45) is 14.1 Å². The number of rotatable bonds is 4. The zero-order valence-electron chi connectivity index (χ0n) is 17.0. The van der Waals surface area contributed by atoms with Gasteiger partial charge in [0.2, 0.25) is 0 Å². The van der Waals surface area contributed by atoms with E-state index in [9.17, 15) is 4.79 Å². The summed E-state index contributed by atoms with van der Waals surface area (Å²) in [4.78, 5) is 17.9. The number of morpholine rings is 1. The lowest BCUT2D eigenvalue weighted by molar-refractivity contribution is -0.0744. The molecule has 0 radical (unpaired) electrons. The van der Waals surface area contributed by atoms with Crippen LogP contribution in [0.25, 0.3) is 0 Å².